The second-order valence-corrected chi connectivity index (χ2v) is 16.8. The minimum absolute atomic E-state index is 0.0224. The van der Waals surface area contributed by atoms with Crippen LogP contribution in [0, 0.1) is 34.5 Å². The number of fused-ring (bicyclic) bond motifs is 5. The first-order valence-electron chi connectivity index (χ1n) is 19.2. The number of nitrogens with zero attached hydrogens (tertiary/aromatic N) is 2. The zero-order chi connectivity index (χ0) is 38.8. The van der Waals surface area contributed by atoms with Gasteiger partial charge >= 0.3 is 5.97 Å². The van der Waals surface area contributed by atoms with Crippen molar-refractivity contribution in [3.8, 4) is 0 Å². The first-order valence-corrected chi connectivity index (χ1v) is 19.6. The standard InChI is InChI=1S/C22H29FO4.C21H25ClN2O3/c1-12-8-16-15-5-4-13-9-14(25)6-7-21(13,3)22(15,23)18(27)10-20(16,2)19(12)17(26)11-24;22-19-8-6-18(7-9-19)21(17-4-2-1-3-5-17)24-12-10-23(11-13-24)14-15-27-16-20(25)26/h6-7,9,12,15-16,18-19,24,27H,4-5,8,10-11H2,1-3H3;1-9,21H,10-16H2,(H,25,26)/t12-,15+,16+,18+,19-,20+,21+,22+;/m1./s1. The van der Waals surface area contributed by atoms with Crippen molar-refractivity contribution in [2.45, 2.75) is 64.3 Å². The van der Waals surface area contributed by atoms with Gasteiger partial charge in [0.2, 0.25) is 0 Å². The fraction of sp³-hybridized carbons (Fsp3) is 0.558. The fourth-order valence-corrected chi connectivity index (χ4v) is 11.0. The van der Waals surface area contributed by atoms with Crippen LogP contribution in [0.2, 0.25) is 5.02 Å². The number of halogens is 2. The Morgan fingerprint density at radius 2 is 1.69 bits per heavy atom. The predicted molar refractivity (Wildman–Crippen MR) is 205 cm³/mol. The number of ether oxygens (including phenoxy) is 1. The number of hydrogen-bond donors (Lipinski definition) is 3. The number of Topliss-reactive ketones (excluding diaryl/α,β-unsaturated/α-hetero) is 1. The molecule has 1 saturated heterocycles. The number of alkyl halides is 1. The van der Waals surface area contributed by atoms with Gasteiger partial charge in [-0.2, -0.15) is 0 Å². The van der Waals surface area contributed by atoms with E-state index < -0.39 is 35.2 Å². The molecule has 1 heterocycles. The Labute approximate surface area is 322 Å². The molecule has 2 aromatic rings. The Hall–Kier alpha value is -3.25. The van der Waals surface area contributed by atoms with E-state index in [1.165, 1.54) is 23.3 Å². The number of carbonyl (C=O) groups excluding carboxylic acids is 2. The number of carboxylic acid groups (broad SMARTS) is 1. The second kappa shape index (κ2) is 16.5. The average molecular weight is 765 g/mol. The number of carbonyl (C=O) groups is 3. The van der Waals surface area contributed by atoms with Gasteiger partial charge in [0.25, 0.3) is 0 Å². The van der Waals surface area contributed by atoms with E-state index in [9.17, 15) is 24.6 Å². The number of carboxylic acids is 1. The summed E-state index contributed by atoms with van der Waals surface area (Å²) >= 11 is 6.08. The normalized spacial score (nSPS) is 34.1. The zero-order valence-electron chi connectivity index (χ0n) is 31.5. The molecule has 7 rings (SSSR count). The van der Waals surface area contributed by atoms with Crippen molar-refractivity contribution < 1.29 is 38.8 Å². The van der Waals surface area contributed by atoms with Gasteiger partial charge in [0.15, 0.2) is 17.2 Å². The Kier molecular flexibility index (Phi) is 12.3. The van der Waals surface area contributed by atoms with E-state index in [2.05, 4.69) is 46.2 Å². The fourth-order valence-electron chi connectivity index (χ4n) is 10.9. The summed E-state index contributed by atoms with van der Waals surface area (Å²) in [6.45, 7) is 10.0. The number of piperazine rings is 1. The van der Waals surface area contributed by atoms with Crippen molar-refractivity contribution in [1.82, 2.24) is 9.80 Å². The van der Waals surface area contributed by atoms with E-state index in [1.807, 2.05) is 32.0 Å². The Morgan fingerprint density at radius 3 is 2.33 bits per heavy atom. The van der Waals surface area contributed by atoms with Crippen molar-refractivity contribution in [3.63, 3.8) is 0 Å². The molecule has 54 heavy (non-hydrogen) atoms. The number of aliphatic carboxylic acids is 1. The first-order chi connectivity index (χ1) is 25.7. The third-order valence-electron chi connectivity index (χ3n) is 13.3. The molecule has 5 aliphatic rings. The van der Waals surface area contributed by atoms with Crippen LogP contribution in [0.1, 0.15) is 63.6 Å². The SMILES string of the molecule is C[C@@H]1C[C@H]2[C@@H]3CCC4=CC(=O)C=C[C@]4(C)[C@@]3(F)[C@@H](O)C[C@]2(C)[C@H]1C(=O)CO.O=C(O)COCCN1CCN(C(c2ccccc2)c2ccc(Cl)cc2)CC1. The lowest BCUT2D eigenvalue weighted by Gasteiger charge is -2.62. The maximum atomic E-state index is 16.8. The smallest absolute Gasteiger partial charge is 0.329 e. The molecule has 4 fully saturated rings. The maximum Gasteiger partial charge on any atom is 0.329 e. The number of ketones is 2. The number of aliphatic hydroxyl groups excluding tert-OH is 2. The first kappa shape index (κ1) is 40.4. The summed E-state index contributed by atoms with van der Waals surface area (Å²) in [6.07, 6.45) is 5.53. The number of aliphatic hydroxyl groups is 2. The van der Waals surface area contributed by atoms with Crippen LogP contribution in [0.3, 0.4) is 0 Å². The summed E-state index contributed by atoms with van der Waals surface area (Å²) in [5.74, 6) is -1.92. The molecule has 0 aromatic heterocycles. The molecule has 0 amide bonds. The molecule has 0 spiro atoms. The molecule has 9 atom stereocenters. The average Bonchev–Trinajstić information content (AvgIpc) is 3.41. The van der Waals surface area contributed by atoms with Crippen LogP contribution < -0.4 is 0 Å². The third kappa shape index (κ3) is 7.62. The van der Waals surface area contributed by atoms with Gasteiger partial charge < -0.3 is 20.1 Å². The molecule has 3 N–H and O–H groups in total. The van der Waals surface area contributed by atoms with Gasteiger partial charge in [-0.1, -0.05) is 79.6 Å². The summed E-state index contributed by atoms with van der Waals surface area (Å²) < 4.78 is 22.0. The Bertz CT molecular complexity index is 1730. The number of allylic oxidation sites excluding steroid dienone is 4. The monoisotopic (exact) mass is 764 g/mol. The quantitative estimate of drug-likeness (QED) is 0.253. The molecular weight excluding hydrogens is 711 g/mol. The van der Waals surface area contributed by atoms with Crippen molar-refractivity contribution in [2.24, 2.45) is 34.5 Å². The number of benzene rings is 2. The van der Waals surface area contributed by atoms with E-state index in [4.69, 9.17) is 21.4 Å². The minimum Gasteiger partial charge on any atom is -0.480 e. The highest BCUT2D eigenvalue weighted by molar-refractivity contribution is 6.30. The largest absolute Gasteiger partial charge is 0.480 e. The van der Waals surface area contributed by atoms with Crippen LogP contribution in [0.4, 0.5) is 4.39 Å². The van der Waals surface area contributed by atoms with Gasteiger partial charge in [-0.05, 0) is 85.3 Å². The summed E-state index contributed by atoms with van der Waals surface area (Å²) in [4.78, 5) is 39.6. The van der Waals surface area contributed by atoms with Crippen LogP contribution in [0.25, 0.3) is 0 Å². The summed E-state index contributed by atoms with van der Waals surface area (Å²) in [5, 5.41) is 29.9. The molecule has 0 bridgehead atoms. The van der Waals surface area contributed by atoms with Crippen LogP contribution in [0.5, 0.6) is 0 Å². The molecule has 0 radical (unpaired) electrons. The lowest BCUT2D eigenvalue weighted by molar-refractivity contribution is -0.195. The van der Waals surface area contributed by atoms with E-state index in [0.29, 0.717) is 19.4 Å². The highest BCUT2D eigenvalue weighted by Crippen LogP contribution is 2.69. The van der Waals surface area contributed by atoms with Gasteiger partial charge in [0.05, 0.1) is 18.8 Å². The minimum atomic E-state index is -1.85. The van der Waals surface area contributed by atoms with E-state index in [1.54, 1.807) is 13.0 Å². The highest BCUT2D eigenvalue weighted by Gasteiger charge is 2.71. The summed E-state index contributed by atoms with van der Waals surface area (Å²) in [6, 6.07) is 18.8. The maximum absolute atomic E-state index is 16.8. The Balaban J connectivity index is 0.000000184. The number of hydrogen-bond acceptors (Lipinski definition) is 8. The van der Waals surface area contributed by atoms with Gasteiger partial charge in [0.1, 0.15) is 13.2 Å². The molecule has 4 aliphatic carbocycles. The highest BCUT2D eigenvalue weighted by atomic mass is 35.5. The topological polar surface area (TPSA) is 128 Å². The molecule has 11 heteroatoms. The summed E-state index contributed by atoms with van der Waals surface area (Å²) in [7, 11) is 0. The molecular formula is C43H54ClFN2O7. The Morgan fingerprint density at radius 1 is 1.02 bits per heavy atom. The lowest BCUT2D eigenvalue weighted by Crippen LogP contribution is -2.66. The van der Waals surface area contributed by atoms with E-state index in [0.717, 1.165) is 49.7 Å². The van der Waals surface area contributed by atoms with Gasteiger partial charge in [-0.25, -0.2) is 9.18 Å². The molecule has 1 aliphatic heterocycles. The lowest BCUT2D eigenvalue weighted by atomic mass is 9.45. The molecule has 3 saturated carbocycles. The second-order valence-electron chi connectivity index (χ2n) is 16.4. The number of rotatable bonds is 10. The zero-order valence-corrected chi connectivity index (χ0v) is 32.3. The van der Waals surface area contributed by atoms with E-state index in [-0.39, 0.29) is 54.3 Å². The van der Waals surface area contributed by atoms with Crippen LogP contribution in [-0.2, 0) is 19.1 Å². The van der Waals surface area contributed by atoms with Crippen LogP contribution in [-0.4, -0.2) is 107 Å². The van der Waals surface area contributed by atoms with E-state index >= 15 is 4.39 Å². The van der Waals surface area contributed by atoms with Crippen molar-refractivity contribution in [2.75, 3.05) is 52.5 Å². The van der Waals surface area contributed by atoms with Gasteiger partial charge in [0, 0.05) is 55.0 Å². The molecule has 1 unspecified atom stereocenters. The van der Waals surface area contributed by atoms with Gasteiger partial charge in [-0.15, -0.1) is 0 Å². The van der Waals surface area contributed by atoms with Crippen molar-refractivity contribution in [1.29, 1.82) is 0 Å². The van der Waals surface area contributed by atoms with Crippen LogP contribution in [0.15, 0.2) is 78.4 Å². The molecule has 2 aromatic carbocycles. The predicted octanol–water partition coefficient (Wildman–Crippen LogP) is 5.93. The van der Waals surface area contributed by atoms with Crippen LogP contribution >= 0.6 is 11.6 Å². The molecule has 292 valence electrons. The van der Waals surface area contributed by atoms with Crippen molar-refractivity contribution >= 4 is 29.1 Å². The van der Waals surface area contributed by atoms with Crippen molar-refractivity contribution in [3.05, 3.63) is 94.5 Å². The van der Waals surface area contributed by atoms with Gasteiger partial charge in [-0.3, -0.25) is 19.4 Å². The summed E-state index contributed by atoms with van der Waals surface area (Å²) in [5.41, 5.74) is -0.0697. The molecule has 9 nitrogen and oxygen atoms in total. The third-order valence-corrected chi connectivity index (χ3v) is 13.6.